The van der Waals surface area contributed by atoms with Gasteiger partial charge in [-0.3, -0.25) is 0 Å². The van der Waals surface area contributed by atoms with E-state index in [4.69, 9.17) is 4.74 Å². The summed E-state index contributed by atoms with van der Waals surface area (Å²) in [5, 5.41) is 19.4. The second-order valence-electron chi connectivity index (χ2n) is 4.27. The molecule has 3 heteroatoms. The topological polar surface area (TPSA) is 49.7 Å². The van der Waals surface area contributed by atoms with Crippen molar-refractivity contribution in [2.24, 2.45) is 0 Å². The van der Waals surface area contributed by atoms with Crippen molar-refractivity contribution in [2.45, 2.75) is 31.7 Å². The standard InChI is InChI=1S/C14H20O3/c1-3-14(2,16)13(15)9-10-17-11-12-7-5-4-6-8-12/h3-8,13,15-16H,1,9-11H2,2H3/t13-,14-/m1/s1. The van der Waals surface area contributed by atoms with E-state index in [-0.39, 0.29) is 0 Å². The van der Waals surface area contributed by atoms with Gasteiger partial charge in [-0.15, -0.1) is 6.58 Å². The lowest BCUT2D eigenvalue weighted by Crippen LogP contribution is -2.37. The lowest BCUT2D eigenvalue weighted by atomic mass is 9.97. The molecule has 0 radical (unpaired) electrons. The molecule has 0 aromatic heterocycles. The Balaban J connectivity index is 2.23. The number of ether oxygens (including phenoxy) is 1. The molecule has 2 atom stereocenters. The quantitative estimate of drug-likeness (QED) is 0.561. The van der Waals surface area contributed by atoms with E-state index in [1.165, 1.54) is 13.0 Å². The van der Waals surface area contributed by atoms with Crippen LogP contribution in [0.2, 0.25) is 0 Å². The average molecular weight is 236 g/mol. The number of rotatable bonds is 7. The molecule has 17 heavy (non-hydrogen) atoms. The molecule has 1 rings (SSSR count). The van der Waals surface area contributed by atoms with Crippen molar-refractivity contribution in [3.63, 3.8) is 0 Å². The van der Waals surface area contributed by atoms with Crippen molar-refractivity contribution >= 4 is 0 Å². The molecule has 0 aliphatic carbocycles. The number of hydrogen-bond acceptors (Lipinski definition) is 3. The van der Waals surface area contributed by atoms with E-state index < -0.39 is 11.7 Å². The Morgan fingerprint density at radius 3 is 2.65 bits per heavy atom. The fraction of sp³-hybridized carbons (Fsp3) is 0.429. The highest BCUT2D eigenvalue weighted by Crippen LogP contribution is 2.14. The molecule has 94 valence electrons. The summed E-state index contributed by atoms with van der Waals surface area (Å²) in [6, 6.07) is 9.83. The van der Waals surface area contributed by atoms with E-state index in [0.717, 1.165) is 5.56 Å². The normalized spacial score (nSPS) is 16.2. The van der Waals surface area contributed by atoms with Crippen molar-refractivity contribution in [3.05, 3.63) is 48.6 Å². The van der Waals surface area contributed by atoms with Crippen LogP contribution in [0.3, 0.4) is 0 Å². The van der Waals surface area contributed by atoms with Crippen molar-refractivity contribution in [2.75, 3.05) is 6.61 Å². The molecule has 0 saturated carbocycles. The van der Waals surface area contributed by atoms with Gasteiger partial charge in [0.25, 0.3) is 0 Å². The van der Waals surface area contributed by atoms with Gasteiger partial charge in [0.2, 0.25) is 0 Å². The van der Waals surface area contributed by atoms with Crippen LogP contribution in [0.1, 0.15) is 18.9 Å². The minimum absolute atomic E-state index is 0.381. The highest BCUT2D eigenvalue weighted by atomic mass is 16.5. The third kappa shape index (κ3) is 4.69. The van der Waals surface area contributed by atoms with Crippen molar-refractivity contribution < 1.29 is 14.9 Å². The maximum Gasteiger partial charge on any atom is 0.106 e. The molecule has 3 nitrogen and oxygen atoms in total. The lowest BCUT2D eigenvalue weighted by Gasteiger charge is -2.25. The number of hydrogen-bond donors (Lipinski definition) is 2. The van der Waals surface area contributed by atoms with Gasteiger partial charge >= 0.3 is 0 Å². The summed E-state index contributed by atoms with van der Waals surface area (Å²) < 4.78 is 5.42. The summed E-state index contributed by atoms with van der Waals surface area (Å²) in [5.74, 6) is 0. The lowest BCUT2D eigenvalue weighted by molar-refractivity contribution is -0.0437. The van der Waals surface area contributed by atoms with Crippen molar-refractivity contribution in [1.29, 1.82) is 0 Å². The van der Waals surface area contributed by atoms with E-state index >= 15 is 0 Å². The van der Waals surface area contributed by atoms with E-state index in [2.05, 4.69) is 6.58 Å². The maximum absolute atomic E-state index is 9.68. The Morgan fingerprint density at radius 1 is 1.41 bits per heavy atom. The van der Waals surface area contributed by atoms with Gasteiger partial charge in [-0.2, -0.15) is 0 Å². The summed E-state index contributed by atoms with van der Waals surface area (Å²) in [4.78, 5) is 0. The fourth-order valence-electron chi connectivity index (χ4n) is 1.39. The first kappa shape index (κ1) is 13.9. The molecule has 0 heterocycles. The Hall–Kier alpha value is -1.16. The zero-order chi connectivity index (χ0) is 12.7. The Kier molecular flexibility index (Phi) is 5.35. The highest BCUT2D eigenvalue weighted by Gasteiger charge is 2.25. The predicted molar refractivity (Wildman–Crippen MR) is 67.5 cm³/mol. The van der Waals surface area contributed by atoms with Crippen LogP contribution in [0.25, 0.3) is 0 Å². The monoisotopic (exact) mass is 236 g/mol. The maximum atomic E-state index is 9.68. The van der Waals surface area contributed by atoms with Gasteiger partial charge in [-0.05, 0) is 18.9 Å². The van der Waals surface area contributed by atoms with Crippen LogP contribution in [-0.2, 0) is 11.3 Å². The number of aliphatic hydroxyl groups is 2. The van der Waals surface area contributed by atoms with Gasteiger partial charge in [0, 0.05) is 6.61 Å². The zero-order valence-corrected chi connectivity index (χ0v) is 10.2. The number of benzene rings is 1. The van der Waals surface area contributed by atoms with E-state index in [1.54, 1.807) is 0 Å². The summed E-state index contributed by atoms with van der Waals surface area (Å²) >= 11 is 0. The van der Waals surface area contributed by atoms with E-state index in [0.29, 0.717) is 19.6 Å². The third-order valence-corrected chi connectivity index (χ3v) is 2.74. The fourth-order valence-corrected chi connectivity index (χ4v) is 1.39. The molecule has 0 aliphatic heterocycles. The zero-order valence-electron chi connectivity index (χ0n) is 10.2. The minimum Gasteiger partial charge on any atom is -0.390 e. The second-order valence-corrected chi connectivity index (χ2v) is 4.27. The molecule has 1 aromatic carbocycles. The van der Waals surface area contributed by atoms with Crippen LogP contribution in [0.4, 0.5) is 0 Å². The van der Waals surface area contributed by atoms with Crippen LogP contribution < -0.4 is 0 Å². The molecule has 0 bridgehead atoms. The van der Waals surface area contributed by atoms with Gasteiger partial charge < -0.3 is 14.9 Å². The molecule has 2 N–H and O–H groups in total. The smallest absolute Gasteiger partial charge is 0.106 e. The van der Waals surface area contributed by atoms with E-state index in [9.17, 15) is 10.2 Å². The van der Waals surface area contributed by atoms with Gasteiger partial charge in [0.15, 0.2) is 0 Å². The Bertz CT molecular complexity index is 333. The molecule has 0 saturated heterocycles. The molecule has 1 aromatic rings. The SMILES string of the molecule is C=C[C@@](C)(O)[C@H](O)CCOCc1ccccc1. The van der Waals surface area contributed by atoms with Gasteiger partial charge in [-0.25, -0.2) is 0 Å². The molecule has 0 unspecified atom stereocenters. The molecule has 0 spiro atoms. The van der Waals surface area contributed by atoms with Crippen LogP contribution in [0, 0.1) is 0 Å². The van der Waals surface area contributed by atoms with Crippen LogP contribution in [-0.4, -0.2) is 28.5 Å². The van der Waals surface area contributed by atoms with Crippen LogP contribution in [0.15, 0.2) is 43.0 Å². The Morgan fingerprint density at radius 2 is 2.06 bits per heavy atom. The molecule has 0 amide bonds. The largest absolute Gasteiger partial charge is 0.390 e. The second kappa shape index (κ2) is 6.55. The molecular weight excluding hydrogens is 216 g/mol. The molecule has 0 aliphatic rings. The highest BCUT2D eigenvalue weighted by molar-refractivity contribution is 5.13. The predicted octanol–water partition coefficient (Wildman–Crippen LogP) is 1.89. The van der Waals surface area contributed by atoms with Gasteiger partial charge in [0.1, 0.15) is 5.60 Å². The molecule has 0 fully saturated rings. The van der Waals surface area contributed by atoms with E-state index in [1.807, 2.05) is 30.3 Å². The first-order valence-corrected chi connectivity index (χ1v) is 5.72. The summed E-state index contributed by atoms with van der Waals surface area (Å²) in [5.41, 5.74) is -0.159. The van der Waals surface area contributed by atoms with Crippen LogP contribution in [0.5, 0.6) is 0 Å². The van der Waals surface area contributed by atoms with Crippen molar-refractivity contribution in [1.82, 2.24) is 0 Å². The first-order chi connectivity index (χ1) is 8.06. The third-order valence-electron chi connectivity index (χ3n) is 2.74. The summed E-state index contributed by atoms with van der Waals surface area (Å²) in [6.07, 6.45) is 0.872. The van der Waals surface area contributed by atoms with Gasteiger partial charge in [-0.1, -0.05) is 36.4 Å². The van der Waals surface area contributed by atoms with Crippen molar-refractivity contribution in [3.8, 4) is 0 Å². The Labute approximate surface area is 102 Å². The summed E-state index contributed by atoms with van der Waals surface area (Å²) in [7, 11) is 0. The summed E-state index contributed by atoms with van der Waals surface area (Å²) in [6.45, 7) is 5.93. The van der Waals surface area contributed by atoms with Crippen LogP contribution >= 0.6 is 0 Å². The van der Waals surface area contributed by atoms with Gasteiger partial charge in [0.05, 0.1) is 12.7 Å². The molecular formula is C14H20O3. The number of aliphatic hydroxyl groups excluding tert-OH is 1. The minimum atomic E-state index is -1.25. The average Bonchev–Trinajstić information content (AvgIpc) is 2.35. The first-order valence-electron chi connectivity index (χ1n) is 5.72.